The number of phenols is 1. The molecule has 0 unspecified atom stereocenters. The van der Waals surface area contributed by atoms with Gasteiger partial charge in [-0.25, -0.2) is 0 Å². The molecule has 8 heteroatoms. The van der Waals surface area contributed by atoms with Crippen LogP contribution in [0.25, 0.3) is 0 Å². The van der Waals surface area contributed by atoms with Crippen LogP contribution in [0.5, 0.6) is 5.75 Å². The first-order valence-electron chi connectivity index (χ1n) is 3.40. The number of hydrogen-bond donors (Lipinski definition) is 1. The Kier molecular flexibility index (Phi) is 10.4. The van der Waals surface area contributed by atoms with Gasteiger partial charge in [0.1, 0.15) is 5.75 Å². The van der Waals surface area contributed by atoms with Crippen molar-refractivity contribution in [3.05, 3.63) is 29.8 Å². The summed E-state index contributed by atoms with van der Waals surface area (Å²) in [4.78, 5) is 0. The molecule has 0 bridgehead atoms. The molecular weight excluding hydrogens is 258 g/mol. The van der Waals surface area contributed by atoms with Crippen molar-refractivity contribution in [1.29, 1.82) is 0 Å². The second kappa shape index (κ2) is 8.38. The Morgan fingerprint density at radius 2 is 1.67 bits per heavy atom. The van der Waals surface area contributed by atoms with Crippen LogP contribution >= 0.6 is 0 Å². The average molecular weight is 266 g/mol. The van der Waals surface area contributed by atoms with Crippen molar-refractivity contribution in [3.63, 3.8) is 0 Å². The topological polar surface area (TPSA) is 77.4 Å². The van der Waals surface area contributed by atoms with Crippen LogP contribution in [0.1, 0.15) is 5.56 Å². The number of benzene rings is 1. The monoisotopic (exact) mass is 266 g/mol. The second-order valence-corrected chi connectivity index (χ2v) is 5.93. The van der Waals surface area contributed by atoms with Gasteiger partial charge in [-0.2, -0.15) is 0 Å². The minimum absolute atomic E-state index is 0. The number of hydrogen-bond acceptors (Lipinski definition) is 5. The first-order chi connectivity index (χ1) is 5.97. The predicted molar refractivity (Wildman–Crippen MR) is 50.3 cm³/mol. The van der Waals surface area contributed by atoms with Gasteiger partial charge in [-0.1, -0.05) is 17.7 Å². The van der Waals surface area contributed by atoms with Gasteiger partial charge in [-0.15, -0.1) is 5.75 Å². The van der Waals surface area contributed by atoms with Gasteiger partial charge >= 0.3 is 59.1 Å². The maximum absolute atomic E-state index is 10.3. The summed E-state index contributed by atoms with van der Waals surface area (Å²) in [5, 5.41) is 8.90. The Morgan fingerprint density at radius 3 is 2.07 bits per heavy atom. The van der Waals surface area contributed by atoms with Crippen LogP contribution < -0.4 is 59.1 Å². The molecule has 0 amide bonds. The summed E-state index contributed by atoms with van der Waals surface area (Å²) in [7, 11) is -4.33. The second-order valence-electron chi connectivity index (χ2n) is 2.38. The van der Waals surface area contributed by atoms with Gasteiger partial charge in [-0.05, 0) is 12.1 Å². The first-order valence-corrected chi connectivity index (χ1v) is 6.49. The zero-order chi connectivity index (χ0) is 9.90. The zero-order valence-electron chi connectivity index (χ0n) is 8.54. The Labute approximate surface area is 137 Å². The van der Waals surface area contributed by atoms with Crippen molar-refractivity contribution in [2.75, 3.05) is 0 Å². The molecule has 0 spiro atoms. The van der Waals surface area contributed by atoms with Crippen LogP contribution in [-0.4, -0.2) is 18.1 Å². The van der Waals surface area contributed by atoms with E-state index in [4.69, 9.17) is 5.11 Å². The summed E-state index contributed by atoms with van der Waals surface area (Å²) < 4.78 is 30.8. The van der Waals surface area contributed by atoms with Crippen molar-refractivity contribution in [2.24, 2.45) is 0 Å². The molecular formula is C7H8Na2O4S2. The fraction of sp³-hybridized carbons (Fsp3) is 0.143. The molecule has 0 aliphatic carbocycles. The Hall–Kier alpha value is 1.28. The predicted octanol–water partition coefficient (Wildman–Crippen LogP) is -5.82. The van der Waals surface area contributed by atoms with Crippen molar-refractivity contribution in [1.82, 2.24) is 0 Å². The molecule has 0 saturated carbocycles. The van der Waals surface area contributed by atoms with Gasteiger partial charge < -0.3 is 20.5 Å². The normalized spacial score (nSPS) is 10.2. The molecule has 0 radical (unpaired) electrons. The van der Waals surface area contributed by atoms with Crippen LogP contribution in [0.4, 0.5) is 0 Å². The van der Waals surface area contributed by atoms with Crippen molar-refractivity contribution >= 4 is 19.9 Å². The molecule has 0 saturated heterocycles. The molecule has 1 rings (SSSR count). The number of aromatic hydroxyl groups is 1. The molecule has 0 aliphatic rings. The maximum Gasteiger partial charge on any atom is 1.00 e. The van der Waals surface area contributed by atoms with Crippen LogP contribution in [-0.2, 0) is 25.7 Å². The van der Waals surface area contributed by atoms with Crippen LogP contribution in [0.3, 0.4) is 0 Å². The van der Waals surface area contributed by atoms with Gasteiger partial charge in [0.2, 0.25) is 0 Å². The molecule has 0 heterocycles. The molecule has 0 aliphatic heterocycles. The van der Waals surface area contributed by atoms with E-state index in [0.717, 1.165) is 0 Å². The molecule has 1 aromatic rings. The van der Waals surface area contributed by atoms with E-state index in [1.807, 2.05) is 0 Å². The van der Waals surface area contributed by atoms with E-state index < -0.39 is 9.15 Å². The van der Waals surface area contributed by atoms with Crippen LogP contribution in [0.15, 0.2) is 24.3 Å². The molecule has 4 nitrogen and oxygen atoms in total. The number of rotatable bonds is 3. The van der Waals surface area contributed by atoms with Gasteiger partial charge in [0.25, 0.3) is 0 Å². The fourth-order valence-corrected chi connectivity index (χ4v) is 2.19. The standard InChI is InChI=1S/C7H9O4S2.2Na/c8-7-3-1-6(2-4-7)5-12-13(9,10)11;;/h1-4,8,12H,5H2,(H,9,10,11);;/q-1;2*+1/p-1. The van der Waals surface area contributed by atoms with E-state index >= 15 is 0 Å². The summed E-state index contributed by atoms with van der Waals surface area (Å²) in [6, 6.07) is 6.05. The Morgan fingerprint density at radius 1 is 1.20 bits per heavy atom. The van der Waals surface area contributed by atoms with Gasteiger partial charge in [0, 0.05) is 9.15 Å². The van der Waals surface area contributed by atoms with Crippen molar-refractivity contribution in [2.45, 2.75) is 5.75 Å². The van der Waals surface area contributed by atoms with E-state index in [-0.39, 0.29) is 81.4 Å². The van der Waals surface area contributed by atoms with Crippen LogP contribution in [0.2, 0.25) is 0 Å². The molecule has 0 aromatic heterocycles. The van der Waals surface area contributed by atoms with Gasteiger partial charge in [-0.3, -0.25) is 8.42 Å². The van der Waals surface area contributed by atoms with Crippen molar-refractivity contribution in [3.8, 4) is 5.75 Å². The Bertz CT molecular complexity index is 376. The summed E-state index contributed by atoms with van der Waals surface area (Å²) >= 11 is 0. The largest absolute Gasteiger partial charge is 1.00 e. The minimum Gasteiger partial charge on any atom is -0.766 e. The van der Waals surface area contributed by atoms with Crippen molar-refractivity contribution < 1.29 is 77.2 Å². The number of phenolic OH excluding ortho intramolecular Hbond substituents is 1. The summed E-state index contributed by atoms with van der Waals surface area (Å²) in [5.74, 6) is 0.275. The molecule has 1 aromatic carbocycles. The third-order valence-electron chi connectivity index (χ3n) is 1.34. The smallest absolute Gasteiger partial charge is 0.766 e. The van der Waals surface area contributed by atoms with Gasteiger partial charge in [0.15, 0.2) is 0 Å². The minimum atomic E-state index is -4.17. The molecule has 74 valence electrons. The van der Waals surface area contributed by atoms with E-state index in [1.54, 1.807) is 12.1 Å². The van der Waals surface area contributed by atoms with E-state index in [9.17, 15) is 13.0 Å². The van der Waals surface area contributed by atoms with Crippen LogP contribution in [0, 0.1) is 0 Å². The third kappa shape index (κ3) is 9.02. The third-order valence-corrected chi connectivity index (χ3v) is 3.49. The van der Waals surface area contributed by atoms with E-state index in [1.165, 1.54) is 12.1 Å². The summed E-state index contributed by atoms with van der Waals surface area (Å²) in [6.45, 7) is 0. The van der Waals surface area contributed by atoms with Gasteiger partial charge in [0.05, 0.1) is 0 Å². The maximum atomic E-state index is 10.3. The SMILES string of the molecule is O=S(=O)([O-])[SH-]Cc1ccc(O)cc1.[Na+].[Na+]. The zero-order valence-corrected chi connectivity index (χ0v) is 14.3. The quantitative estimate of drug-likeness (QED) is 0.194. The first kappa shape index (κ1) is 18.6. The van der Waals surface area contributed by atoms with E-state index in [0.29, 0.717) is 5.56 Å². The molecule has 1 N–H and O–H groups in total. The Balaban J connectivity index is 0. The number of thiol groups is 1. The molecule has 0 atom stereocenters. The van der Waals surface area contributed by atoms with E-state index in [2.05, 4.69) is 0 Å². The fourth-order valence-electron chi connectivity index (χ4n) is 0.755. The average Bonchev–Trinajstić information content (AvgIpc) is 2.02. The molecule has 15 heavy (non-hydrogen) atoms. The summed E-state index contributed by atoms with van der Waals surface area (Å²) in [6.07, 6.45) is 0. The summed E-state index contributed by atoms with van der Waals surface area (Å²) in [5.41, 5.74) is 0.707. The molecule has 0 fully saturated rings.